The van der Waals surface area contributed by atoms with Crippen LogP contribution in [0.4, 0.5) is 0 Å². The summed E-state index contributed by atoms with van der Waals surface area (Å²) < 4.78 is 0. The Morgan fingerprint density at radius 2 is 1.92 bits per heavy atom. The molecule has 1 unspecified atom stereocenters. The third-order valence-corrected chi connectivity index (χ3v) is 4.67. The second kappa shape index (κ2) is 7.60. The van der Waals surface area contributed by atoms with E-state index < -0.39 is 5.38 Å². The molecule has 0 radical (unpaired) electrons. The van der Waals surface area contributed by atoms with Crippen molar-refractivity contribution in [2.45, 2.75) is 18.8 Å². The number of aromatic nitrogens is 1. The molecule has 2 aromatic carbocycles. The molecule has 1 atom stereocenters. The summed E-state index contributed by atoms with van der Waals surface area (Å²) in [6, 6.07) is 18.2. The minimum absolute atomic E-state index is 0.164. The molecule has 122 valence electrons. The number of benzene rings is 2. The minimum atomic E-state index is -0.527. The maximum Gasteiger partial charge on any atom is 0.238 e. The van der Waals surface area contributed by atoms with Gasteiger partial charge in [-0.05, 0) is 18.6 Å². The van der Waals surface area contributed by atoms with E-state index in [2.05, 4.69) is 22.8 Å². The van der Waals surface area contributed by atoms with Crippen LogP contribution in [0.1, 0.15) is 12.5 Å². The summed E-state index contributed by atoms with van der Waals surface area (Å²) in [6.45, 7) is 2.12. The maximum atomic E-state index is 11.6. The van der Waals surface area contributed by atoms with Gasteiger partial charge in [0.1, 0.15) is 10.4 Å². The van der Waals surface area contributed by atoms with Gasteiger partial charge in [-0.2, -0.15) is 0 Å². The normalized spacial score (nSPS) is 11.9. The highest BCUT2D eigenvalue weighted by Gasteiger charge is 2.10. The Hall–Kier alpha value is -2.17. The van der Waals surface area contributed by atoms with Crippen molar-refractivity contribution in [2.24, 2.45) is 0 Å². The summed E-state index contributed by atoms with van der Waals surface area (Å²) in [4.78, 5) is 16.3. The number of halogens is 1. The highest BCUT2D eigenvalue weighted by atomic mass is 35.5. The molecule has 0 aliphatic heterocycles. The molecular formula is C19H17ClN2OS. The van der Waals surface area contributed by atoms with Crippen molar-refractivity contribution in [1.29, 1.82) is 0 Å². The number of nitrogens with one attached hydrogen (secondary N) is 1. The first-order valence-electron chi connectivity index (χ1n) is 7.65. The number of rotatable bonds is 5. The Kier molecular flexibility index (Phi) is 5.28. The summed E-state index contributed by atoms with van der Waals surface area (Å²) in [5.41, 5.74) is 4.16. The summed E-state index contributed by atoms with van der Waals surface area (Å²) >= 11 is 7.38. The third kappa shape index (κ3) is 4.02. The summed E-state index contributed by atoms with van der Waals surface area (Å²) in [5, 5.41) is 5.32. The van der Waals surface area contributed by atoms with Gasteiger partial charge in [-0.25, -0.2) is 4.98 Å². The number of nitrogens with zero attached hydrogens (tertiary/aromatic N) is 1. The predicted octanol–water partition coefficient (Wildman–Crippen LogP) is 4.72. The molecule has 0 bridgehead atoms. The second-order valence-corrected chi connectivity index (χ2v) is 6.95. The SMILES string of the molecule is CC(Cl)C(=O)NCc1cccc(-c2nc(-c3ccccc3)cs2)c1. The molecule has 0 saturated carbocycles. The fraction of sp³-hybridized carbons (Fsp3) is 0.158. The fourth-order valence-electron chi connectivity index (χ4n) is 2.29. The monoisotopic (exact) mass is 356 g/mol. The largest absolute Gasteiger partial charge is 0.351 e. The van der Waals surface area contributed by atoms with Crippen LogP contribution in [-0.4, -0.2) is 16.3 Å². The zero-order valence-corrected chi connectivity index (χ0v) is 14.8. The lowest BCUT2D eigenvalue weighted by Crippen LogP contribution is -2.28. The van der Waals surface area contributed by atoms with Gasteiger partial charge in [0.2, 0.25) is 5.91 Å². The van der Waals surface area contributed by atoms with E-state index in [0.717, 1.165) is 27.4 Å². The molecule has 0 spiro atoms. The van der Waals surface area contributed by atoms with Crippen molar-refractivity contribution in [3.8, 4) is 21.8 Å². The number of hydrogen-bond acceptors (Lipinski definition) is 3. The van der Waals surface area contributed by atoms with Crippen molar-refractivity contribution < 1.29 is 4.79 Å². The van der Waals surface area contributed by atoms with Gasteiger partial charge in [-0.15, -0.1) is 22.9 Å². The lowest BCUT2D eigenvalue weighted by Gasteiger charge is -2.07. The quantitative estimate of drug-likeness (QED) is 0.672. The molecule has 0 fully saturated rings. The number of alkyl halides is 1. The number of hydrogen-bond donors (Lipinski definition) is 1. The van der Waals surface area contributed by atoms with Crippen molar-refractivity contribution in [3.05, 3.63) is 65.5 Å². The van der Waals surface area contributed by atoms with Gasteiger partial charge in [0, 0.05) is 23.1 Å². The van der Waals surface area contributed by atoms with Crippen LogP contribution in [-0.2, 0) is 11.3 Å². The number of carbonyl (C=O) groups is 1. The molecule has 1 heterocycles. The van der Waals surface area contributed by atoms with Crippen LogP contribution in [0, 0.1) is 0 Å². The highest BCUT2D eigenvalue weighted by molar-refractivity contribution is 7.13. The standard InChI is InChI=1S/C19H17ClN2OS/c1-13(20)18(23)21-11-14-6-5-9-16(10-14)19-22-17(12-24-19)15-7-3-2-4-8-15/h2-10,12-13H,11H2,1H3,(H,21,23). The Morgan fingerprint density at radius 1 is 1.17 bits per heavy atom. The smallest absolute Gasteiger partial charge is 0.238 e. The van der Waals surface area contributed by atoms with Gasteiger partial charge >= 0.3 is 0 Å². The first-order valence-corrected chi connectivity index (χ1v) is 8.97. The zero-order valence-electron chi connectivity index (χ0n) is 13.2. The first-order chi connectivity index (χ1) is 11.6. The van der Waals surface area contributed by atoms with Gasteiger partial charge in [0.05, 0.1) is 5.69 Å². The van der Waals surface area contributed by atoms with E-state index in [4.69, 9.17) is 16.6 Å². The van der Waals surface area contributed by atoms with Crippen LogP contribution in [0.2, 0.25) is 0 Å². The zero-order chi connectivity index (χ0) is 16.9. The average Bonchev–Trinajstić information content (AvgIpc) is 3.11. The summed E-state index contributed by atoms with van der Waals surface area (Å²) in [7, 11) is 0. The van der Waals surface area contributed by atoms with Crippen molar-refractivity contribution in [1.82, 2.24) is 10.3 Å². The lowest BCUT2D eigenvalue weighted by molar-refractivity contribution is -0.120. The van der Waals surface area contributed by atoms with Crippen LogP contribution < -0.4 is 5.32 Å². The van der Waals surface area contributed by atoms with E-state index in [1.165, 1.54) is 0 Å². The Labute approximate surface area is 150 Å². The second-order valence-electron chi connectivity index (χ2n) is 5.44. The van der Waals surface area contributed by atoms with E-state index in [1.807, 2.05) is 42.5 Å². The Morgan fingerprint density at radius 3 is 2.67 bits per heavy atom. The minimum Gasteiger partial charge on any atom is -0.351 e. The third-order valence-electron chi connectivity index (χ3n) is 3.58. The molecule has 1 N–H and O–H groups in total. The van der Waals surface area contributed by atoms with Crippen LogP contribution in [0.25, 0.3) is 21.8 Å². The topological polar surface area (TPSA) is 42.0 Å². The summed E-state index contributed by atoms with van der Waals surface area (Å²) in [6.07, 6.45) is 0. The average molecular weight is 357 g/mol. The van der Waals surface area contributed by atoms with Crippen molar-refractivity contribution >= 4 is 28.8 Å². The van der Waals surface area contributed by atoms with E-state index in [9.17, 15) is 4.79 Å². The van der Waals surface area contributed by atoms with Gasteiger partial charge in [-0.1, -0.05) is 48.5 Å². The van der Waals surface area contributed by atoms with E-state index in [1.54, 1.807) is 18.3 Å². The molecular weight excluding hydrogens is 340 g/mol. The molecule has 3 rings (SSSR count). The number of carbonyl (C=O) groups excluding carboxylic acids is 1. The van der Waals surface area contributed by atoms with Crippen LogP contribution in [0.5, 0.6) is 0 Å². The molecule has 3 nitrogen and oxygen atoms in total. The van der Waals surface area contributed by atoms with Crippen molar-refractivity contribution in [3.63, 3.8) is 0 Å². The van der Waals surface area contributed by atoms with Crippen molar-refractivity contribution in [2.75, 3.05) is 0 Å². The first kappa shape index (κ1) is 16.7. The lowest BCUT2D eigenvalue weighted by atomic mass is 10.1. The van der Waals surface area contributed by atoms with E-state index >= 15 is 0 Å². The van der Waals surface area contributed by atoms with E-state index in [0.29, 0.717) is 6.54 Å². The molecule has 3 aromatic rings. The van der Waals surface area contributed by atoms with E-state index in [-0.39, 0.29) is 5.91 Å². The molecule has 0 aliphatic carbocycles. The molecule has 0 saturated heterocycles. The molecule has 5 heteroatoms. The number of amides is 1. The molecule has 24 heavy (non-hydrogen) atoms. The fourth-order valence-corrected chi connectivity index (χ4v) is 3.20. The summed E-state index contributed by atoms with van der Waals surface area (Å²) in [5.74, 6) is -0.164. The van der Waals surface area contributed by atoms with Gasteiger partial charge in [0.15, 0.2) is 0 Å². The Balaban J connectivity index is 1.77. The predicted molar refractivity (Wildman–Crippen MR) is 100 cm³/mol. The van der Waals surface area contributed by atoms with Crippen LogP contribution in [0.15, 0.2) is 60.0 Å². The van der Waals surface area contributed by atoms with Gasteiger partial charge in [0.25, 0.3) is 0 Å². The van der Waals surface area contributed by atoms with Gasteiger partial charge in [-0.3, -0.25) is 4.79 Å². The Bertz CT molecular complexity index is 830. The molecule has 0 aliphatic rings. The maximum absolute atomic E-state index is 11.6. The molecule has 1 amide bonds. The van der Waals surface area contributed by atoms with Crippen LogP contribution >= 0.6 is 22.9 Å². The number of thiazole rings is 1. The highest BCUT2D eigenvalue weighted by Crippen LogP contribution is 2.29. The van der Waals surface area contributed by atoms with Crippen LogP contribution in [0.3, 0.4) is 0 Å². The molecule has 1 aromatic heterocycles. The van der Waals surface area contributed by atoms with Gasteiger partial charge < -0.3 is 5.32 Å².